The van der Waals surface area contributed by atoms with Crippen LogP contribution in [0.15, 0.2) is 0 Å². The van der Waals surface area contributed by atoms with Crippen LogP contribution in [0.3, 0.4) is 0 Å². The van der Waals surface area contributed by atoms with Crippen molar-refractivity contribution in [1.29, 1.82) is 0 Å². The lowest BCUT2D eigenvalue weighted by Crippen LogP contribution is -2.15. The Balaban J connectivity index is 2.78. The van der Waals surface area contributed by atoms with Gasteiger partial charge in [0.15, 0.2) is 0 Å². The molecule has 1 atom stereocenters. The first-order chi connectivity index (χ1) is 6.15. The number of hydrogen-bond acceptors (Lipinski definition) is 4. The van der Waals surface area contributed by atoms with Crippen LogP contribution in [0.4, 0.5) is 0 Å². The van der Waals surface area contributed by atoms with E-state index in [9.17, 15) is 4.79 Å². The number of carboxylic acid groups (broad SMARTS) is 1. The van der Waals surface area contributed by atoms with Crippen LogP contribution in [0.1, 0.15) is 31.6 Å². The molecular weight excluding hydrogens is 172 g/mol. The number of rotatable bonds is 4. The lowest BCUT2D eigenvalue weighted by molar-refractivity contribution is -0.138. The fourth-order valence-electron chi connectivity index (χ4n) is 1.18. The lowest BCUT2D eigenvalue weighted by atomic mass is 10.1. The normalized spacial score (nSPS) is 12.8. The number of hydrogen-bond donors (Lipinski definition) is 1. The second-order valence-electron chi connectivity index (χ2n) is 2.83. The number of carbonyl (C=O) groups is 1. The summed E-state index contributed by atoms with van der Waals surface area (Å²) >= 11 is 0. The highest BCUT2D eigenvalue weighted by Crippen LogP contribution is 2.14. The van der Waals surface area contributed by atoms with Crippen LogP contribution in [0.25, 0.3) is 0 Å². The first-order valence-corrected chi connectivity index (χ1v) is 4.11. The quantitative estimate of drug-likeness (QED) is 0.732. The van der Waals surface area contributed by atoms with Gasteiger partial charge in [-0.1, -0.05) is 6.92 Å². The second kappa shape index (κ2) is 3.97. The minimum atomic E-state index is -0.832. The van der Waals surface area contributed by atoms with Crippen LogP contribution in [-0.2, 0) is 4.79 Å². The highest BCUT2D eigenvalue weighted by Gasteiger charge is 2.16. The van der Waals surface area contributed by atoms with E-state index in [2.05, 4.69) is 15.5 Å². The number of nitrogens with zero attached hydrogens (tertiary/aromatic N) is 4. The van der Waals surface area contributed by atoms with Crippen LogP contribution in [-0.4, -0.2) is 31.3 Å². The molecule has 6 nitrogen and oxygen atoms in total. The maximum atomic E-state index is 10.5. The van der Waals surface area contributed by atoms with Crippen molar-refractivity contribution in [2.75, 3.05) is 0 Å². The SMILES string of the molecule is CCC(CC(=O)O)n1nnnc1C. The Kier molecular flexibility index (Phi) is 2.94. The average Bonchev–Trinajstić information content (AvgIpc) is 2.47. The van der Waals surface area contributed by atoms with Crippen molar-refractivity contribution < 1.29 is 9.90 Å². The van der Waals surface area contributed by atoms with E-state index in [0.29, 0.717) is 12.2 Å². The van der Waals surface area contributed by atoms with Gasteiger partial charge >= 0.3 is 5.97 Å². The number of aliphatic carboxylic acids is 1. The summed E-state index contributed by atoms with van der Waals surface area (Å²) < 4.78 is 1.55. The van der Waals surface area contributed by atoms with E-state index in [1.807, 2.05) is 6.92 Å². The number of carboxylic acids is 1. The van der Waals surface area contributed by atoms with E-state index in [1.54, 1.807) is 11.6 Å². The van der Waals surface area contributed by atoms with Crippen molar-refractivity contribution in [3.63, 3.8) is 0 Å². The summed E-state index contributed by atoms with van der Waals surface area (Å²) in [7, 11) is 0. The highest BCUT2D eigenvalue weighted by molar-refractivity contribution is 5.67. The van der Waals surface area contributed by atoms with Crippen molar-refractivity contribution in [2.45, 2.75) is 32.7 Å². The molecule has 1 aromatic heterocycles. The first-order valence-electron chi connectivity index (χ1n) is 4.11. The summed E-state index contributed by atoms with van der Waals surface area (Å²) in [5.41, 5.74) is 0. The van der Waals surface area contributed by atoms with Gasteiger partial charge < -0.3 is 5.11 Å². The summed E-state index contributed by atoms with van der Waals surface area (Å²) in [6.07, 6.45) is 0.764. The molecule has 0 aliphatic rings. The second-order valence-corrected chi connectivity index (χ2v) is 2.83. The minimum absolute atomic E-state index is 0.0579. The molecular formula is C7H12N4O2. The van der Waals surface area contributed by atoms with Crippen LogP contribution in [0.2, 0.25) is 0 Å². The maximum absolute atomic E-state index is 10.5. The molecule has 0 aromatic carbocycles. The van der Waals surface area contributed by atoms with Crippen molar-refractivity contribution in [3.8, 4) is 0 Å². The topological polar surface area (TPSA) is 80.9 Å². The van der Waals surface area contributed by atoms with Crippen LogP contribution in [0, 0.1) is 6.92 Å². The fraction of sp³-hybridized carbons (Fsp3) is 0.714. The Morgan fingerprint density at radius 3 is 2.77 bits per heavy atom. The van der Waals surface area contributed by atoms with Gasteiger partial charge in [0, 0.05) is 0 Å². The molecule has 1 heterocycles. The monoisotopic (exact) mass is 184 g/mol. The first kappa shape index (κ1) is 9.63. The highest BCUT2D eigenvalue weighted by atomic mass is 16.4. The average molecular weight is 184 g/mol. The Morgan fingerprint density at radius 1 is 1.69 bits per heavy atom. The molecule has 1 N–H and O–H groups in total. The number of aryl methyl sites for hydroxylation is 1. The Morgan fingerprint density at radius 2 is 2.38 bits per heavy atom. The molecule has 1 aromatic rings. The zero-order valence-corrected chi connectivity index (χ0v) is 7.64. The van der Waals surface area contributed by atoms with Gasteiger partial charge in [0.2, 0.25) is 0 Å². The molecule has 0 aliphatic carbocycles. The number of aromatic nitrogens is 4. The smallest absolute Gasteiger partial charge is 0.305 e. The minimum Gasteiger partial charge on any atom is -0.481 e. The van der Waals surface area contributed by atoms with E-state index in [1.165, 1.54) is 0 Å². The zero-order chi connectivity index (χ0) is 9.84. The molecule has 0 bridgehead atoms. The molecule has 0 amide bonds. The molecule has 72 valence electrons. The van der Waals surface area contributed by atoms with Gasteiger partial charge in [-0.05, 0) is 23.8 Å². The summed E-state index contributed by atoms with van der Waals surface area (Å²) in [5.74, 6) is -0.185. The van der Waals surface area contributed by atoms with Gasteiger partial charge in [0.1, 0.15) is 5.82 Å². The molecule has 0 radical (unpaired) electrons. The third-order valence-electron chi connectivity index (χ3n) is 1.88. The summed E-state index contributed by atoms with van der Waals surface area (Å²) in [6.45, 7) is 3.67. The van der Waals surface area contributed by atoms with Crippen molar-refractivity contribution in [1.82, 2.24) is 20.2 Å². The molecule has 1 rings (SSSR count). The Hall–Kier alpha value is -1.46. The molecule has 0 spiro atoms. The van der Waals surface area contributed by atoms with Crippen LogP contribution >= 0.6 is 0 Å². The van der Waals surface area contributed by atoms with Gasteiger partial charge in [-0.15, -0.1) is 5.10 Å². The molecule has 6 heteroatoms. The largest absolute Gasteiger partial charge is 0.481 e. The predicted octanol–water partition coefficient (Wildman–Crippen LogP) is 0.407. The van der Waals surface area contributed by atoms with E-state index in [0.717, 1.165) is 0 Å². The Bertz CT molecular complexity index is 296. The van der Waals surface area contributed by atoms with E-state index in [-0.39, 0.29) is 12.5 Å². The number of tetrazole rings is 1. The molecule has 0 saturated heterocycles. The molecule has 0 aliphatic heterocycles. The van der Waals surface area contributed by atoms with Gasteiger partial charge in [-0.2, -0.15) is 0 Å². The molecule has 1 unspecified atom stereocenters. The molecule has 13 heavy (non-hydrogen) atoms. The van der Waals surface area contributed by atoms with Crippen molar-refractivity contribution in [3.05, 3.63) is 5.82 Å². The van der Waals surface area contributed by atoms with Gasteiger partial charge in [-0.3, -0.25) is 4.79 Å². The van der Waals surface area contributed by atoms with Gasteiger partial charge in [-0.25, -0.2) is 4.68 Å². The molecule has 0 saturated carbocycles. The maximum Gasteiger partial charge on any atom is 0.305 e. The molecule has 0 fully saturated rings. The third kappa shape index (κ3) is 2.24. The summed E-state index contributed by atoms with van der Waals surface area (Å²) in [4.78, 5) is 10.5. The van der Waals surface area contributed by atoms with Crippen LogP contribution in [0.5, 0.6) is 0 Å². The van der Waals surface area contributed by atoms with Crippen LogP contribution < -0.4 is 0 Å². The van der Waals surface area contributed by atoms with Gasteiger partial charge in [0.05, 0.1) is 12.5 Å². The zero-order valence-electron chi connectivity index (χ0n) is 7.64. The Labute approximate surface area is 75.6 Å². The van der Waals surface area contributed by atoms with E-state index < -0.39 is 5.97 Å². The fourth-order valence-corrected chi connectivity index (χ4v) is 1.18. The summed E-state index contributed by atoms with van der Waals surface area (Å²) in [6, 6.07) is -0.146. The van der Waals surface area contributed by atoms with E-state index in [4.69, 9.17) is 5.11 Å². The van der Waals surface area contributed by atoms with Crippen molar-refractivity contribution >= 4 is 5.97 Å². The summed E-state index contributed by atoms with van der Waals surface area (Å²) in [5, 5.41) is 19.5. The third-order valence-corrected chi connectivity index (χ3v) is 1.88. The van der Waals surface area contributed by atoms with Crippen molar-refractivity contribution in [2.24, 2.45) is 0 Å². The lowest BCUT2D eigenvalue weighted by Gasteiger charge is -2.12. The van der Waals surface area contributed by atoms with E-state index >= 15 is 0 Å². The standard InChI is InChI=1S/C7H12N4O2/c1-3-6(4-7(12)13)11-5(2)8-9-10-11/h6H,3-4H2,1-2H3,(H,12,13). The van der Waals surface area contributed by atoms with Gasteiger partial charge in [0.25, 0.3) is 0 Å². The predicted molar refractivity (Wildman–Crippen MR) is 44.1 cm³/mol.